The first kappa shape index (κ1) is 18.0. The fourth-order valence-electron chi connectivity index (χ4n) is 2.25. The van der Waals surface area contributed by atoms with E-state index in [4.69, 9.17) is 4.74 Å². The average Bonchev–Trinajstić information content (AvgIpc) is 3.01. The molecule has 0 spiro atoms. The highest BCUT2D eigenvalue weighted by Crippen LogP contribution is 2.03. The molecule has 0 saturated heterocycles. The van der Waals surface area contributed by atoms with E-state index in [0.29, 0.717) is 25.7 Å². The monoisotopic (exact) mass is 329 g/mol. The Morgan fingerprint density at radius 3 is 2.71 bits per heavy atom. The molecule has 2 rings (SSSR count). The van der Waals surface area contributed by atoms with Crippen LogP contribution in [0, 0.1) is 5.92 Å². The van der Waals surface area contributed by atoms with Crippen molar-refractivity contribution in [2.24, 2.45) is 18.0 Å². The van der Waals surface area contributed by atoms with Gasteiger partial charge in [0.05, 0.1) is 19.4 Å². The Hall–Kier alpha value is -2.34. The van der Waals surface area contributed by atoms with Gasteiger partial charge in [0.25, 0.3) is 0 Å². The van der Waals surface area contributed by atoms with Gasteiger partial charge in [0.1, 0.15) is 0 Å². The number of aliphatic imine (C=N–C) groups is 1. The molecule has 2 aromatic rings. The van der Waals surface area contributed by atoms with Crippen LogP contribution >= 0.6 is 0 Å². The molecule has 0 aliphatic carbocycles. The first-order valence-corrected chi connectivity index (χ1v) is 8.21. The van der Waals surface area contributed by atoms with Crippen LogP contribution in [-0.4, -0.2) is 35.9 Å². The maximum atomic E-state index is 5.77. The predicted molar refractivity (Wildman–Crippen MR) is 96.7 cm³/mol. The molecular formula is C18H27N5O. The summed E-state index contributed by atoms with van der Waals surface area (Å²) in [6.45, 7) is 5.03. The van der Waals surface area contributed by atoms with E-state index in [-0.39, 0.29) is 0 Å². The van der Waals surface area contributed by atoms with Crippen LogP contribution in [0.25, 0.3) is 0 Å². The molecule has 6 heteroatoms. The van der Waals surface area contributed by atoms with Crippen molar-refractivity contribution in [1.29, 1.82) is 0 Å². The molecule has 0 aliphatic rings. The first-order chi connectivity index (χ1) is 11.7. The Balaban J connectivity index is 1.63. The molecule has 1 aromatic heterocycles. The fraction of sp³-hybridized carbons (Fsp3) is 0.444. The molecule has 130 valence electrons. The summed E-state index contributed by atoms with van der Waals surface area (Å²) in [7, 11) is 3.68. The van der Waals surface area contributed by atoms with E-state index in [1.807, 2.05) is 37.6 Å². The highest BCUT2D eigenvalue weighted by molar-refractivity contribution is 5.79. The fourth-order valence-corrected chi connectivity index (χ4v) is 2.25. The molecule has 6 nitrogen and oxygen atoms in total. The molecule has 0 amide bonds. The average molecular weight is 329 g/mol. The smallest absolute Gasteiger partial charge is 0.191 e. The minimum atomic E-state index is 0.394. The maximum absolute atomic E-state index is 5.77. The van der Waals surface area contributed by atoms with E-state index in [9.17, 15) is 0 Å². The first-order valence-electron chi connectivity index (χ1n) is 8.21. The van der Waals surface area contributed by atoms with Gasteiger partial charge >= 0.3 is 0 Å². The van der Waals surface area contributed by atoms with Crippen molar-refractivity contribution >= 4 is 5.96 Å². The summed E-state index contributed by atoms with van der Waals surface area (Å²) in [5, 5.41) is 10.8. The molecule has 24 heavy (non-hydrogen) atoms. The van der Waals surface area contributed by atoms with Crippen LogP contribution in [0.1, 0.15) is 18.1 Å². The third-order valence-electron chi connectivity index (χ3n) is 3.57. The minimum absolute atomic E-state index is 0.394. The maximum Gasteiger partial charge on any atom is 0.191 e. The van der Waals surface area contributed by atoms with E-state index in [0.717, 1.165) is 18.1 Å². The highest BCUT2D eigenvalue weighted by atomic mass is 16.5. The third kappa shape index (κ3) is 6.42. The summed E-state index contributed by atoms with van der Waals surface area (Å²) in [4.78, 5) is 4.24. The van der Waals surface area contributed by atoms with Crippen LogP contribution in [0.5, 0.6) is 0 Å². The quantitative estimate of drug-likeness (QED) is 0.574. The van der Waals surface area contributed by atoms with Crippen LogP contribution < -0.4 is 10.6 Å². The normalized spacial score (nSPS) is 12.9. The van der Waals surface area contributed by atoms with E-state index >= 15 is 0 Å². The Kier molecular flexibility index (Phi) is 7.29. The van der Waals surface area contributed by atoms with Gasteiger partial charge in [-0.2, -0.15) is 5.10 Å². The lowest BCUT2D eigenvalue weighted by molar-refractivity contribution is 0.0931. The number of nitrogens with one attached hydrogen (secondary N) is 2. The van der Waals surface area contributed by atoms with Gasteiger partial charge < -0.3 is 15.4 Å². The number of aryl methyl sites for hydroxylation is 1. The van der Waals surface area contributed by atoms with Crippen molar-refractivity contribution in [3.8, 4) is 0 Å². The van der Waals surface area contributed by atoms with Crippen LogP contribution in [0.2, 0.25) is 0 Å². The Labute approximate surface area is 143 Å². The number of hydrogen-bond donors (Lipinski definition) is 2. The number of hydrogen-bond acceptors (Lipinski definition) is 3. The van der Waals surface area contributed by atoms with Gasteiger partial charge in [0, 0.05) is 38.9 Å². The zero-order chi connectivity index (χ0) is 17.2. The van der Waals surface area contributed by atoms with Crippen molar-refractivity contribution in [1.82, 2.24) is 20.4 Å². The zero-order valence-corrected chi connectivity index (χ0v) is 14.7. The van der Waals surface area contributed by atoms with Crippen LogP contribution in [-0.2, 0) is 24.9 Å². The van der Waals surface area contributed by atoms with Crippen molar-refractivity contribution < 1.29 is 4.74 Å². The second-order valence-electron chi connectivity index (χ2n) is 5.93. The van der Waals surface area contributed by atoms with Crippen molar-refractivity contribution in [3.05, 3.63) is 53.9 Å². The minimum Gasteiger partial charge on any atom is -0.376 e. The molecule has 1 atom stereocenters. The van der Waals surface area contributed by atoms with E-state index < -0.39 is 0 Å². The lowest BCUT2D eigenvalue weighted by atomic mass is 10.2. The van der Waals surface area contributed by atoms with Gasteiger partial charge in [-0.1, -0.05) is 37.3 Å². The van der Waals surface area contributed by atoms with E-state index in [1.165, 1.54) is 5.56 Å². The van der Waals surface area contributed by atoms with Crippen molar-refractivity contribution in [2.75, 3.05) is 20.2 Å². The molecule has 1 heterocycles. The standard InChI is InChI=1S/C18H27N5O/c1-15(13-24-14-16-7-5-4-6-8-16)9-20-18(19-2)21-10-17-11-22-23(3)12-17/h4-8,11-12,15H,9-10,13-14H2,1-3H3,(H2,19,20,21). The SMILES string of the molecule is CN=C(NCc1cnn(C)c1)NCC(C)COCc1ccccc1. The van der Waals surface area contributed by atoms with Gasteiger partial charge in [0.15, 0.2) is 5.96 Å². The number of aromatic nitrogens is 2. The topological polar surface area (TPSA) is 63.5 Å². The second kappa shape index (κ2) is 9.72. The predicted octanol–water partition coefficient (Wildman–Crippen LogP) is 1.94. The summed E-state index contributed by atoms with van der Waals surface area (Å²) >= 11 is 0. The van der Waals surface area contributed by atoms with Crippen LogP contribution in [0.4, 0.5) is 0 Å². The van der Waals surface area contributed by atoms with E-state index in [2.05, 4.69) is 39.8 Å². The zero-order valence-electron chi connectivity index (χ0n) is 14.7. The van der Waals surface area contributed by atoms with Crippen LogP contribution in [0.15, 0.2) is 47.7 Å². The molecule has 0 aliphatic heterocycles. The van der Waals surface area contributed by atoms with Gasteiger partial charge in [-0.05, 0) is 11.5 Å². The molecule has 0 fully saturated rings. The van der Waals surface area contributed by atoms with Gasteiger partial charge in [-0.3, -0.25) is 9.67 Å². The van der Waals surface area contributed by atoms with Crippen molar-refractivity contribution in [3.63, 3.8) is 0 Å². The lowest BCUT2D eigenvalue weighted by Gasteiger charge is -2.16. The third-order valence-corrected chi connectivity index (χ3v) is 3.57. The molecule has 0 saturated carbocycles. The summed E-state index contributed by atoms with van der Waals surface area (Å²) in [5.74, 6) is 1.18. The number of guanidine groups is 1. The molecular weight excluding hydrogens is 302 g/mol. The second-order valence-corrected chi connectivity index (χ2v) is 5.93. The summed E-state index contributed by atoms with van der Waals surface area (Å²) < 4.78 is 7.56. The summed E-state index contributed by atoms with van der Waals surface area (Å²) in [5.41, 5.74) is 2.33. The number of rotatable bonds is 8. The van der Waals surface area contributed by atoms with Gasteiger partial charge in [-0.15, -0.1) is 0 Å². The van der Waals surface area contributed by atoms with Gasteiger partial charge in [-0.25, -0.2) is 0 Å². The molecule has 2 N–H and O–H groups in total. The highest BCUT2D eigenvalue weighted by Gasteiger charge is 2.05. The Morgan fingerprint density at radius 1 is 1.25 bits per heavy atom. The van der Waals surface area contributed by atoms with Gasteiger partial charge in [0.2, 0.25) is 0 Å². The molecule has 0 radical (unpaired) electrons. The number of ether oxygens (including phenoxy) is 1. The van der Waals surface area contributed by atoms with E-state index in [1.54, 1.807) is 11.7 Å². The molecule has 1 unspecified atom stereocenters. The summed E-state index contributed by atoms with van der Waals surface area (Å²) in [6, 6.07) is 10.2. The molecule has 1 aromatic carbocycles. The summed E-state index contributed by atoms with van der Waals surface area (Å²) in [6.07, 6.45) is 3.83. The largest absolute Gasteiger partial charge is 0.376 e. The van der Waals surface area contributed by atoms with Crippen molar-refractivity contribution in [2.45, 2.75) is 20.1 Å². The number of benzene rings is 1. The lowest BCUT2D eigenvalue weighted by Crippen LogP contribution is -2.39. The Morgan fingerprint density at radius 2 is 2.04 bits per heavy atom. The number of nitrogens with zero attached hydrogens (tertiary/aromatic N) is 3. The van der Waals surface area contributed by atoms with Crippen LogP contribution in [0.3, 0.4) is 0 Å². The molecule has 0 bridgehead atoms. The Bertz CT molecular complexity index is 623.